The first-order valence-electron chi connectivity index (χ1n) is 6.80. The Balaban J connectivity index is 1.88. The van der Waals surface area contributed by atoms with E-state index in [2.05, 4.69) is 10.0 Å². The number of nitrogens with zero attached hydrogens (tertiary/aromatic N) is 5. The predicted molar refractivity (Wildman–Crippen MR) is 77.3 cm³/mol. The number of hydrogen-bond acceptors (Lipinski definition) is 4. The highest BCUT2D eigenvalue weighted by atomic mass is 16.2. The summed E-state index contributed by atoms with van der Waals surface area (Å²) < 4.78 is 0. The fourth-order valence-electron chi connectivity index (χ4n) is 2.82. The topological polar surface area (TPSA) is 106 Å². The predicted octanol–water partition coefficient (Wildman–Crippen LogP) is 1.58. The third-order valence-electron chi connectivity index (χ3n) is 3.99. The zero-order chi connectivity index (χ0) is 15.9. The van der Waals surface area contributed by atoms with E-state index >= 15 is 0 Å². The summed E-state index contributed by atoms with van der Waals surface area (Å²) in [4.78, 5) is 41.3. The van der Waals surface area contributed by atoms with Gasteiger partial charge in [0.1, 0.15) is 0 Å². The molecule has 3 rings (SSSR count). The van der Waals surface area contributed by atoms with Gasteiger partial charge in [0.05, 0.1) is 11.1 Å². The molecule has 0 spiro atoms. The molecule has 1 aromatic rings. The molecule has 1 fully saturated rings. The molecule has 0 aromatic heterocycles. The van der Waals surface area contributed by atoms with Crippen molar-refractivity contribution in [3.05, 3.63) is 39.8 Å². The number of anilines is 1. The monoisotopic (exact) mass is 299 g/mol. The highest BCUT2D eigenvalue weighted by molar-refractivity contribution is 6.21. The number of carbonyl (C=O) groups is 3. The summed E-state index contributed by atoms with van der Waals surface area (Å²) in [7, 11) is 1.43. The van der Waals surface area contributed by atoms with Gasteiger partial charge in [-0.1, -0.05) is 5.11 Å². The van der Waals surface area contributed by atoms with Gasteiger partial charge in [0, 0.05) is 37.2 Å². The summed E-state index contributed by atoms with van der Waals surface area (Å²) in [5, 5.41) is 3.50. The lowest BCUT2D eigenvalue weighted by atomic mass is 10.1. The number of benzene rings is 1. The normalized spacial score (nSPS) is 20.4. The van der Waals surface area contributed by atoms with Gasteiger partial charge < -0.3 is 4.90 Å². The largest absolute Gasteiger partial charge is 0.312 e. The van der Waals surface area contributed by atoms with Gasteiger partial charge >= 0.3 is 0 Å². The molecule has 2 aliphatic heterocycles. The Morgan fingerprint density at radius 1 is 1.27 bits per heavy atom. The number of rotatable bonds is 3. The standard InChI is InChI=1S/C14H13N5O3/c1-18-13(21)10-3-2-9(5-11(10)14(18)22)19-7-8(4-12(19)20)6-16-17-15/h2-3,5,8H,4,6-7H2,1H3. The molecule has 112 valence electrons. The van der Waals surface area contributed by atoms with Gasteiger partial charge in [-0.2, -0.15) is 0 Å². The van der Waals surface area contributed by atoms with Crippen LogP contribution in [0.25, 0.3) is 10.4 Å². The van der Waals surface area contributed by atoms with Gasteiger partial charge in [0.15, 0.2) is 0 Å². The quantitative estimate of drug-likeness (QED) is 0.366. The van der Waals surface area contributed by atoms with Crippen molar-refractivity contribution in [2.45, 2.75) is 6.42 Å². The first-order chi connectivity index (χ1) is 10.5. The Labute approximate surface area is 125 Å². The first kappa shape index (κ1) is 14.1. The zero-order valence-electron chi connectivity index (χ0n) is 11.9. The number of fused-ring (bicyclic) bond motifs is 1. The van der Waals surface area contributed by atoms with Crippen LogP contribution in [-0.2, 0) is 4.79 Å². The van der Waals surface area contributed by atoms with Crippen LogP contribution in [0.4, 0.5) is 5.69 Å². The molecule has 3 amide bonds. The molecular formula is C14H13N5O3. The van der Waals surface area contributed by atoms with Crippen molar-refractivity contribution >= 4 is 23.4 Å². The Bertz CT molecular complexity index is 738. The summed E-state index contributed by atoms with van der Waals surface area (Å²) in [6, 6.07) is 4.81. The molecule has 0 saturated carbocycles. The minimum absolute atomic E-state index is 0.0309. The molecule has 1 unspecified atom stereocenters. The van der Waals surface area contributed by atoms with Crippen LogP contribution in [0.3, 0.4) is 0 Å². The second-order valence-corrected chi connectivity index (χ2v) is 5.39. The number of carbonyl (C=O) groups excluding carboxylic acids is 3. The zero-order valence-corrected chi connectivity index (χ0v) is 11.9. The van der Waals surface area contributed by atoms with Crippen LogP contribution in [0.1, 0.15) is 27.1 Å². The Morgan fingerprint density at radius 2 is 2.00 bits per heavy atom. The van der Waals surface area contributed by atoms with E-state index in [1.165, 1.54) is 7.05 Å². The molecule has 0 bridgehead atoms. The maximum atomic E-state index is 12.1. The van der Waals surface area contributed by atoms with Gasteiger partial charge in [-0.25, -0.2) is 0 Å². The molecular weight excluding hydrogens is 286 g/mol. The average Bonchev–Trinajstić information content (AvgIpc) is 2.99. The fraction of sp³-hybridized carbons (Fsp3) is 0.357. The lowest BCUT2D eigenvalue weighted by Crippen LogP contribution is -2.25. The van der Waals surface area contributed by atoms with Crippen LogP contribution in [0, 0.1) is 5.92 Å². The van der Waals surface area contributed by atoms with Gasteiger partial charge in [0.25, 0.3) is 11.8 Å². The van der Waals surface area contributed by atoms with Crippen LogP contribution in [0.15, 0.2) is 23.3 Å². The van der Waals surface area contributed by atoms with Crippen LogP contribution in [0.5, 0.6) is 0 Å². The average molecular weight is 299 g/mol. The minimum Gasteiger partial charge on any atom is -0.312 e. The molecule has 0 aliphatic carbocycles. The maximum Gasteiger partial charge on any atom is 0.261 e. The molecule has 1 saturated heterocycles. The first-order valence-corrected chi connectivity index (χ1v) is 6.80. The summed E-state index contributed by atoms with van der Waals surface area (Å²) in [5.74, 6) is -0.806. The van der Waals surface area contributed by atoms with Crippen molar-refractivity contribution in [1.29, 1.82) is 0 Å². The van der Waals surface area contributed by atoms with Crippen molar-refractivity contribution in [2.75, 3.05) is 25.0 Å². The van der Waals surface area contributed by atoms with E-state index in [1.54, 1.807) is 23.1 Å². The lowest BCUT2D eigenvalue weighted by Gasteiger charge is -2.17. The third-order valence-corrected chi connectivity index (χ3v) is 3.99. The highest BCUT2D eigenvalue weighted by Crippen LogP contribution is 2.30. The summed E-state index contributed by atoms with van der Waals surface area (Å²) in [6.45, 7) is 0.707. The van der Waals surface area contributed by atoms with Crippen LogP contribution >= 0.6 is 0 Å². The summed E-state index contributed by atoms with van der Waals surface area (Å²) in [6.07, 6.45) is 0.308. The molecule has 0 radical (unpaired) electrons. The SMILES string of the molecule is CN1C(=O)c2ccc(N3CC(CN=[N+]=[N-])CC3=O)cc2C1=O. The van der Waals surface area contributed by atoms with E-state index in [1.807, 2.05) is 0 Å². The van der Waals surface area contributed by atoms with Gasteiger partial charge in [-0.15, -0.1) is 0 Å². The van der Waals surface area contributed by atoms with E-state index in [9.17, 15) is 14.4 Å². The minimum atomic E-state index is -0.362. The number of hydrogen-bond donors (Lipinski definition) is 0. The molecule has 2 heterocycles. The van der Waals surface area contributed by atoms with Crippen molar-refractivity contribution in [3.8, 4) is 0 Å². The van der Waals surface area contributed by atoms with Crippen LogP contribution in [0.2, 0.25) is 0 Å². The second-order valence-electron chi connectivity index (χ2n) is 5.39. The van der Waals surface area contributed by atoms with Gasteiger partial charge in [-0.05, 0) is 29.6 Å². The fourth-order valence-corrected chi connectivity index (χ4v) is 2.82. The highest BCUT2D eigenvalue weighted by Gasteiger charge is 2.35. The van der Waals surface area contributed by atoms with Crippen molar-refractivity contribution in [2.24, 2.45) is 11.0 Å². The van der Waals surface area contributed by atoms with Crippen LogP contribution < -0.4 is 4.90 Å². The second kappa shape index (κ2) is 5.16. The Morgan fingerprint density at radius 3 is 2.73 bits per heavy atom. The number of azide groups is 1. The van der Waals surface area contributed by atoms with Gasteiger partial charge in [0.2, 0.25) is 5.91 Å². The smallest absolute Gasteiger partial charge is 0.261 e. The van der Waals surface area contributed by atoms with Crippen molar-refractivity contribution < 1.29 is 14.4 Å². The maximum absolute atomic E-state index is 12.1. The molecule has 8 nitrogen and oxygen atoms in total. The number of imide groups is 1. The molecule has 0 N–H and O–H groups in total. The summed E-state index contributed by atoms with van der Waals surface area (Å²) >= 11 is 0. The van der Waals surface area contributed by atoms with E-state index in [4.69, 9.17) is 5.53 Å². The number of amides is 3. The Kier molecular flexibility index (Phi) is 3.30. The van der Waals surface area contributed by atoms with E-state index in [0.29, 0.717) is 29.8 Å². The molecule has 8 heteroatoms. The van der Waals surface area contributed by atoms with Crippen molar-refractivity contribution in [1.82, 2.24) is 4.90 Å². The Hall–Kier alpha value is -2.86. The van der Waals surface area contributed by atoms with E-state index < -0.39 is 0 Å². The molecule has 2 aliphatic rings. The van der Waals surface area contributed by atoms with Crippen molar-refractivity contribution in [3.63, 3.8) is 0 Å². The summed E-state index contributed by atoms with van der Waals surface area (Å²) in [5.41, 5.74) is 9.60. The van der Waals surface area contributed by atoms with E-state index in [-0.39, 0.29) is 30.2 Å². The van der Waals surface area contributed by atoms with E-state index in [0.717, 1.165) is 4.90 Å². The van der Waals surface area contributed by atoms with Crippen LogP contribution in [-0.4, -0.2) is 42.8 Å². The molecule has 1 aromatic carbocycles. The van der Waals surface area contributed by atoms with Gasteiger partial charge in [-0.3, -0.25) is 19.3 Å². The third kappa shape index (κ3) is 2.10. The molecule has 22 heavy (non-hydrogen) atoms. The molecule has 1 atom stereocenters. The lowest BCUT2D eigenvalue weighted by molar-refractivity contribution is -0.117.